The van der Waals surface area contributed by atoms with Crippen LogP contribution in [0.15, 0.2) is 40.9 Å². The number of carbonyl (C=O) groups is 4. The van der Waals surface area contributed by atoms with Gasteiger partial charge < -0.3 is 29.6 Å². The number of benzene rings is 1. The summed E-state index contributed by atoms with van der Waals surface area (Å²) in [5.41, 5.74) is 1.93. The van der Waals surface area contributed by atoms with Crippen LogP contribution in [0.1, 0.15) is 52.2 Å². The van der Waals surface area contributed by atoms with E-state index in [0.29, 0.717) is 74.3 Å². The van der Waals surface area contributed by atoms with Crippen molar-refractivity contribution in [3.63, 3.8) is 0 Å². The van der Waals surface area contributed by atoms with Crippen LogP contribution in [0.4, 0.5) is 11.5 Å². The van der Waals surface area contributed by atoms with E-state index in [-0.39, 0.29) is 41.0 Å². The van der Waals surface area contributed by atoms with Gasteiger partial charge in [-0.25, -0.2) is 4.98 Å². The van der Waals surface area contributed by atoms with Crippen molar-refractivity contribution in [3.05, 3.63) is 53.4 Å². The Kier molecular flexibility index (Phi) is 8.34. The average Bonchev–Trinajstić information content (AvgIpc) is 3.35. The molecule has 11 nitrogen and oxygen atoms in total. The molecule has 5 rings (SSSR count). The first-order valence-corrected chi connectivity index (χ1v) is 13.9. The number of amides is 4. The Balaban J connectivity index is 1.43. The molecule has 1 aliphatic carbocycles. The van der Waals surface area contributed by atoms with E-state index in [2.05, 4.69) is 15.6 Å². The lowest BCUT2D eigenvalue weighted by Crippen LogP contribution is -2.40. The van der Waals surface area contributed by atoms with Crippen LogP contribution in [0, 0.1) is 18.8 Å². The fourth-order valence-electron chi connectivity index (χ4n) is 5.37. The fourth-order valence-corrected chi connectivity index (χ4v) is 5.37. The summed E-state index contributed by atoms with van der Waals surface area (Å²) >= 11 is 0. The first-order chi connectivity index (χ1) is 19.7. The molecule has 0 radical (unpaired) electrons. The van der Waals surface area contributed by atoms with Crippen LogP contribution in [0.2, 0.25) is 0 Å². The molecule has 1 saturated carbocycles. The van der Waals surface area contributed by atoms with Gasteiger partial charge in [-0.2, -0.15) is 0 Å². The summed E-state index contributed by atoms with van der Waals surface area (Å²) in [6.45, 7) is 3.82. The smallest absolute Gasteiger partial charge is 0.294 e. The van der Waals surface area contributed by atoms with Gasteiger partial charge in [-0.05, 0) is 62.4 Å². The number of aromatic nitrogens is 1. The Hall–Kier alpha value is -4.25. The van der Waals surface area contributed by atoms with Gasteiger partial charge in [-0.3, -0.25) is 19.2 Å². The van der Waals surface area contributed by atoms with Gasteiger partial charge >= 0.3 is 0 Å². The van der Waals surface area contributed by atoms with E-state index in [1.807, 2.05) is 13.0 Å². The minimum absolute atomic E-state index is 0.0748. The van der Waals surface area contributed by atoms with Crippen molar-refractivity contribution in [2.45, 2.75) is 32.6 Å². The number of hydrogen-bond acceptors (Lipinski definition) is 7. The van der Waals surface area contributed by atoms with Gasteiger partial charge in [0.1, 0.15) is 17.1 Å². The Morgan fingerprint density at radius 3 is 2.32 bits per heavy atom. The van der Waals surface area contributed by atoms with Crippen molar-refractivity contribution in [2.75, 3.05) is 51.0 Å². The summed E-state index contributed by atoms with van der Waals surface area (Å²) in [5, 5.41) is 6.12. The highest BCUT2D eigenvalue weighted by Crippen LogP contribution is 2.35. The summed E-state index contributed by atoms with van der Waals surface area (Å²) in [7, 11) is 3.48. The van der Waals surface area contributed by atoms with Gasteiger partial charge in [-0.1, -0.05) is 6.07 Å². The van der Waals surface area contributed by atoms with Gasteiger partial charge in [0, 0.05) is 56.2 Å². The summed E-state index contributed by atoms with van der Waals surface area (Å²) in [5.74, 6) is -1.07. The van der Waals surface area contributed by atoms with Crippen molar-refractivity contribution in [1.82, 2.24) is 14.8 Å². The van der Waals surface area contributed by atoms with E-state index < -0.39 is 5.91 Å². The maximum atomic E-state index is 13.5. The second-order valence-electron chi connectivity index (χ2n) is 10.9. The van der Waals surface area contributed by atoms with Crippen molar-refractivity contribution >= 4 is 46.1 Å². The monoisotopic (exact) mass is 561 g/mol. The highest BCUT2D eigenvalue weighted by atomic mass is 16.5. The molecule has 2 fully saturated rings. The molecule has 0 spiro atoms. The zero-order valence-corrected chi connectivity index (χ0v) is 23.6. The number of nitrogens with zero attached hydrogens (tertiary/aromatic N) is 3. The molecular formula is C30H35N5O6. The fraction of sp³-hybridized carbons (Fsp3) is 0.433. The number of anilines is 2. The van der Waals surface area contributed by atoms with Gasteiger partial charge in [0.2, 0.25) is 17.6 Å². The Bertz CT molecular complexity index is 1450. The largest absolute Gasteiger partial charge is 0.449 e. The minimum atomic E-state index is -0.575. The molecule has 2 N–H and O–H groups in total. The number of carbonyl (C=O) groups excluding carboxylic acids is 4. The lowest BCUT2D eigenvalue weighted by Gasteiger charge is -2.28. The zero-order valence-electron chi connectivity index (χ0n) is 23.6. The van der Waals surface area contributed by atoms with Crippen molar-refractivity contribution < 1.29 is 28.3 Å². The van der Waals surface area contributed by atoms with E-state index in [0.717, 1.165) is 5.56 Å². The molecule has 1 aromatic carbocycles. The molecular weight excluding hydrogens is 526 g/mol. The van der Waals surface area contributed by atoms with Crippen LogP contribution < -0.4 is 10.6 Å². The first kappa shape index (κ1) is 28.3. The average molecular weight is 562 g/mol. The second kappa shape index (κ2) is 12.1. The number of hydrogen-bond donors (Lipinski definition) is 2. The predicted octanol–water partition coefficient (Wildman–Crippen LogP) is 3.69. The summed E-state index contributed by atoms with van der Waals surface area (Å²) in [6.07, 6.45) is 3.98. The molecule has 11 heteroatoms. The molecule has 3 heterocycles. The van der Waals surface area contributed by atoms with Crippen molar-refractivity contribution in [1.29, 1.82) is 0 Å². The Morgan fingerprint density at radius 2 is 1.66 bits per heavy atom. The number of rotatable bonds is 6. The first-order valence-electron chi connectivity index (χ1n) is 13.9. The van der Waals surface area contributed by atoms with Gasteiger partial charge in [0.15, 0.2) is 0 Å². The third-order valence-electron chi connectivity index (χ3n) is 7.73. The number of morpholine rings is 1. The predicted molar refractivity (Wildman–Crippen MR) is 153 cm³/mol. The van der Waals surface area contributed by atoms with Gasteiger partial charge in [0.25, 0.3) is 11.8 Å². The number of nitrogens with one attached hydrogen (secondary N) is 2. The van der Waals surface area contributed by atoms with E-state index in [4.69, 9.17) is 9.15 Å². The zero-order chi connectivity index (χ0) is 29.1. The lowest BCUT2D eigenvalue weighted by atomic mass is 9.81. The van der Waals surface area contributed by atoms with Crippen molar-refractivity contribution in [2.24, 2.45) is 11.8 Å². The van der Waals surface area contributed by atoms with Crippen LogP contribution in [0.5, 0.6) is 0 Å². The number of aryl methyl sites for hydroxylation is 1. The summed E-state index contributed by atoms with van der Waals surface area (Å²) in [6, 6.07) is 8.45. The number of pyridine rings is 1. The third kappa shape index (κ3) is 6.25. The molecule has 4 amide bonds. The van der Waals surface area contributed by atoms with Crippen LogP contribution in [-0.2, 0) is 14.3 Å². The van der Waals surface area contributed by atoms with Crippen LogP contribution in [0.3, 0.4) is 0 Å². The Labute approximate surface area is 238 Å². The molecule has 1 saturated heterocycles. The molecule has 41 heavy (non-hydrogen) atoms. The molecule has 2 aromatic heterocycles. The summed E-state index contributed by atoms with van der Waals surface area (Å²) in [4.78, 5) is 60.0. The van der Waals surface area contributed by atoms with E-state index in [1.54, 1.807) is 54.4 Å². The number of furan rings is 1. The maximum absolute atomic E-state index is 13.5. The van der Waals surface area contributed by atoms with Crippen molar-refractivity contribution in [3.8, 4) is 0 Å². The number of fused-ring (bicyclic) bond motifs is 1. The normalized spacial score (nSPS) is 19.0. The quantitative estimate of drug-likeness (QED) is 0.469. The molecule has 216 valence electrons. The highest BCUT2D eigenvalue weighted by Gasteiger charge is 2.32. The van der Waals surface area contributed by atoms with Crippen LogP contribution >= 0.6 is 0 Å². The molecule has 1 aliphatic heterocycles. The molecule has 0 atom stereocenters. The van der Waals surface area contributed by atoms with Gasteiger partial charge in [0.05, 0.1) is 13.2 Å². The lowest BCUT2D eigenvalue weighted by molar-refractivity contribution is -0.135. The van der Waals surface area contributed by atoms with E-state index in [1.165, 1.54) is 0 Å². The highest BCUT2D eigenvalue weighted by molar-refractivity contribution is 6.15. The standard InChI is InChI=1S/C30H35N5O6/c1-18-4-11-24(31-17-18)32-28(37)26-25(33-27(36)19-5-7-20(8-6-19)29(38)34(2)3)22-16-21(9-10-23(22)41-26)30(39)35-12-14-40-15-13-35/h4,9-11,16-17,19-20H,5-8,12-15H2,1-3H3,(H,33,36)(H,31,32,37). The maximum Gasteiger partial charge on any atom is 0.294 e. The number of ether oxygens (including phenoxy) is 1. The van der Waals surface area contributed by atoms with Crippen LogP contribution in [0.25, 0.3) is 11.0 Å². The minimum Gasteiger partial charge on any atom is -0.449 e. The van der Waals surface area contributed by atoms with E-state index in [9.17, 15) is 19.2 Å². The van der Waals surface area contributed by atoms with Crippen LogP contribution in [-0.4, -0.2) is 78.8 Å². The molecule has 2 aliphatic rings. The molecule has 0 bridgehead atoms. The summed E-state index contributed by atoms with van der Waals surface area (Å²) < 4.78 is 11.3. The SMILES string of the molecule is Cc1ccc(NC(=O)c2oc3ccc(C(=O)N4CCOCC4)cc3c2NC(=O)C2CCC(C(=O)N(C)C)CC2)nc1. The molecule has 0 unspecified atom stereocenters. The Morgan fingerprint density at radius 1 is 0.951 bits per heavy atom. The molecule has 3 aromatic rings. The topological polar surface area (TPSA) is 134 Å². The third-order valence-corrected chi connectivity index (χ3v) is 7.73. The van der Waals surface area contributed by atoms with Gasteiger partial charge in [-0.15, -0.1) is 0 Å². The second-order valence-corrected chi connectivity index (χ2v) is 10.9. The van der Waals surface area contributed by atoms with E-state index >= 15 is 0 Å².